The Morgan fingerprint density at radius 3 is 2.38 bits per heavy atom. The second-order valence-electron chi connectivity index (χ2n) is 6.62. The van der Waals surface area contributed by atoms with Crippen LogP contribution in [0.15, 0.2) is 18.2 Å². The third-order valence-electron chi connectivity index (χ3n) is 4.77. The largest absolute Gasteiger partial charge is 0.478 e. The van der Waals surface area contributed by atoms with E-state index < -0.39 is 26.6 Å². The van der Waals surface area contributed by atoms with Crippen molar-refractivity contribution in [3.63, 3.8) is 0 Å². The Bertz CT molecular complexity index is 793. The van der Waals surface area contributed by atoms with E-state index in [-0.39, 0.29) is 11.1 Å². The predicted octanol–water partition coefficient (Wildman–Crippen LogP) is 1.60. The number of carboxylic acids is 1. The van der Waals surface area contributed by atoms with Crippen LogP contribution >= 0.6 is 0 Å². The average molecular weight is 352 g/mol. The Labute approximate surface area is 140 Å². The van der Waals surface area contributed by atoms with E-state index in [4.69, 9.17) is 5.11 Å². The van der Waals surface area contributed by atoms with Crippen molar-refractivity contribution >= 4 is 27.6 Å². The Kier molecular flexibility index (Phi) is 4.03. The van der Waals surface area contributed by atoms with Crippen LogP contribution < -0.4 is 9.62 Å². The summed E-state index contributed by atoms with van der Waals surface area (Å²) in [5.41, 5.74) is 0.737. The SMILES string of the molecule is CC1(S(=O)(=O)NC(=O)c2ccc(C(=O)O)cc2N2CCCC2)CC1. The van der Waals surface area contributed by atoms with Gasteiger partial charge in [0.1, 0.15) is 0 Å². The lowest BCUT2D eigenvalue weighted by molar-refractivity contribution is 0.0696. The van der Waals surface area contributed by atoms with Crippen LogP contribution in [0.2, 0.25) is 0 Å². The van der Waals surface area contributed by atoms with Crippen molar-refractivity contribution in [3.05, 3.63) is 29.3 Å². The number of amides is 1. The summed E-state index contributed by atoms with van der Waals surface area (Å²) in [5.74, 6) is -1.79. The molecule has 7 nitrogen and oxygen atoms in total. The lowest BCUT2D eigenvalue weighted by Gasteiger charge is -2.22. The molecule has 1 heterocycles. The van der Waals surface area contributed by atoms with Crippen molar-refractivity contribution in [2.24, 2.45) is 0 Å². The fourth-order valence-corrected chi connectivity index (χ4v) is 4.06. The molecule has 2 aliphatic rings. The lowest BCUT2D eigenvalue weighted by atomic mass is 10.1. The molecule has 1 aliphatic carbocycles. The molecular weight excluding hydrogens is 332 g/mol. The summed E-state index contributed by atoms with van der Waals surface area (Å²) in [6.45, 7) is 3.04. The van der Waals surface area contributed by atoms with Gasteiger partial charge in [-0.15, -0.1) is 0 Å². The highest BCUT2D eigenvalue weighted by molar-refractivity contribution is 7.91. The van der Waals surface area contributed by atoms with Crippen molar-refractivity contribution in [2.75, 3.05) is 18.0 Å². The quantitative estimate of drug-likeness (QED) is 0.834. The van der Waals surface area contributed by atoms with E-state index in [0.29, 0.717) is 31.6 Å². The summed E-state index contributed by atoms with van der Waals surface area (Å²) in [7, 11) is -3.74. The molecule has 3 rings (SSSR count). The number of anilines is 1. The summed E-state index contributed by atoms with van der Waals surface area (Å²) in [6.07, 6.45) is 2.97. The van der Waals surface area contributed by atoms with Gasteiger partial charge in [0.2, 0.25) is 10.0 Å². The number of hydrogen-bond donors (Lipinski definition) is 2. The highest BCUT2D eigenvalue weighted by Gasteiger charge is 2.51. The third-order valence-corrected chi connectivity index (χ3v) is 6.93. The predicted molar refractivity (Wildman–Crippen MR) is 88.9 cm³/mol. The lowest BCUT2D eigenvalue weighted by Crippen LogP contribution is -2.39. The standard InChI is InChI=1S/C16H20N2O5S/c1-16(6-7-16)24(22,23)17-14(19)12-5-4-11(15(20)21)10-13(12)18-8-2-3-9-18/h4-5,10H,2-3,6-9H2,1H3,(H,17,19)(H,20,21). The molecule has 1 saturated carbocycles. The number of carboxylic acid groups (broad SMARTS) is 1. The van der Waals surface area contributed by atoms with Crippen molar-refractivity contribution < 1.29 is 23.1 Å². The number of carbonyl (C=O) groups is 2. The molecule has 2 N–H and O–H groups in total. The van der Waals surface area contributed by atoms with E-state index in [2.05, 4.69) is 4.72 Å². The molecule has 0 bridgehead atoms. The van der Waals surface area contributed by atoms with Crippen molar-refractivity contribution in [3.8, 4) is 0 Å². The minimum atomic E-state index is -3.74. The van der Waals surface area contributed by atoms with Crippen molar-refractivity contribution in [1.82, 2.24) is 4.72 Å². The molecule has 24 heavy (non-hydrogen) atoms. The monoisotopic (exact) mass is 352 g/mol. The second-order valence-corrected chi connectivity index (χ2v) is 8.81. The number of nitrogens with one attached hydrogen (secondary N) is 1. The van der Waals surface area contributed by atoms with Gasteiger partial charge in [-0.2, -0.15) is 0 Å². The number of rotatable bonds is 5. The van der Waals surface area contributed by atoms with Gasteiger partial charge in [-0.3, -0.25) is 4.79 Å². The van der Waals surface area contributed by atoms with E-state index >= 15 is 0 Å². The topological polar surface area (TPSA) is 104 Å². The molecular formula is C16H20N2O5S. The summed E-state index contributed by atoms with van der Waals surface area (Å²) in [5, 5.41) is 9.17. The van der Waals surface area contributed by atoms with E-state index in [1.165, 1.54) is 18.2 Å². The summed E-state index contributed by atoms with van der Waals surface area (Å²) in [6, 6.07) is 4.15. The van der Waals surface area contributed by atoms with E-state index in [0.717, 1.165) is 12.8 Å². The van der Waals surface area contributed by atoms with Gasteiger partial charge in [0.25, 0.3) is 5.91 Å². The smallest absolute Gasteiger partial charge is 0.335 e. The van der Waals surface area contributed by atoms with E-state index in [1.54, 1.807) is 6.92 Å². The number of aromatic carboxylic acids is 1. The molecule has 1 amide bonds. The molecule has 130 valence electrons. The molecule has 0 aromatic heterocycles. The number of sulfonamides is 1. The van der Waals surface area contributed by atoms with E-state index in [1.807, 2.05) is 4.90 Å². The third kappa shape index (κ3) is 2.98. The van der Waals surface area contributed by atoms with Gasteiger partial charge in [0, 0.05) is 13.1 Å². The van der Waals surface area contributed by atoms with Crippen LogP contribution in [0, 0.1) is 0 Å². The summed E-state index contributed by atoms with van der Waals surface area (Å²) >= 11 is 0. The van der Waals surface area contributed by atoms with Crippen LogP contribution in [-0.4, -0.2) is 43.2 Å². The van der Waals surface area contributed by atoms with Gasteiger partial charge < -0.3 is 10.0 Å². The van der Waals surface area contributed by atoms with Crippen molar-refractivity contribution in [2.45, 2.75) is 37.4 Å². The molecule has 0 spiro atoms. The molecule has 1 aliphatic heterocycles. The first-order valence-corrected chi connectivity index (χ1v) is 9.41. The average Bonchev–Trinajstić information content (AvgIpc) is 3.08. The zero-order valence-electron chi connectivity index (χ0n) is 13.4. The summed E-state index contributed by atoms with van der Waals surface area (Å²) < 4.78 is 25.8. The molecule has 2 fully saturated rings. The number of benzene rings is 1. The fraction of sp³-hybridized carbons (Fsp3) is 0.500. The zero-order chi connectivity index (χ0) is 17.5. The van der Waals surface area contributed by atoms with Crippen LogP contribution in [0.4, 0.5) is 5.69 Å². The van der Waals surface area contributed by atoms with Gasteiger partial charge in [-0.1, -0.05) is 0 Å². The number of carbonyl (C=O) groups excluding carboxylic acids is 1. The first kappa shape index (κ1) is 16.8. The molecule has 1 saturated heterocycles. The first-order chi connectivity index (χ1) is 11.2. The van der Waals surface area contributed by atoms with Gasteiger partial charge >= 0.3 is 5.97 Å². The highest BCUT2D eigenvalue weighted by Crippen LogP contribution is 2.42. The molecule has 1 aromatic rings. The Morgan fingerprint density at radius 1 is 1.21 bits per heavy atom. The van der Waals surface area contributed by atoms with Gasteiger partial charge in [0.05, 0.1) is 21.6 Å². The van der Waals surface area contributed by atoms with Gasteiger partial charge in [0.15, 0.2) is 0 Å². The second kappa shape index (κ2) is 5.77. The first-order valence-electron chi connectivity index (χ1n) is 7.92. The van der Waals surface area contributed by atoms with E-state index in [9.17, 15) is 18.0 Å². The van der Waals surface area contributed by atoms with Crippen LogP contribution in [-0.2, 0) is 10.0 Å². The minimum absolute atomic E-state index is 0.0745. The normalized spacial score (nSPS) is 19.1. The van der Waals surface area contributed by atoms with Crippen LogP contribution in [0.5, 0.6) is 0 Å². The molecule has 1 aromatic carbocycles. The Morgan fingerprint density at radius 2 is 1.83 bits per heavy atom. The minimum Gasteiger partial charge on any atom is -0.478 e. The van der Waals surface area contributed by atoms with Crippen LogP contribution in [0.1, 0.15) is 53.3 Å². The zero-order valence-corrected chi connectivity index (χ0v) is 14.2. The number of nitrogens with zero attached hydrogens (tertiary/aromatic N) is 1. The molecule has 8 heteroatoms. The molecule has 0 unspecified atom stereocenters. The number of hydrogen-bond acceptors (Lipinski definition) is 5. The maximum atomic E-state index is 12.5. The fourth-order valence-electron chi connectivity index (χ4n) is 2.82. The highest BCUT2D eigenvalue weighted by atomic mass is 32.2. The maximum absolute atomic E-state index is 12.5. The summed E-state index contributed by atoms with van der Waals surface area (Å²) in [4.78, 5) is 25.7. The Hall–Kier alpha value is -2.09. The van der Waals surface area contributed by atoms with Gasteiger partial charge in [-0.05, 0) is 50.8 Å². The van der Waals surface area contributed by atoms with Crippen molar-refractivity contribution in [1.29, 1.82) is 0 Å². The molecule has 0 atom stereocenters. The van der Waals surface area contributed by atoms with Crippen LogP contribution in [0.3, 0.4) is 0 Å². The van der Waals surface area contributed by atoms with Crippen LogP contribution in [0.25, 0.3) is 0 Å². The van der Waals surface area contributed by atoms with Gasteiger partial charge in [-0.25, -0.2) is 17.9 Å². The Balaban J connectivity index is 1.94. The molecule has 0 radical (unpaired) electrons. The maximum Gasteiger partial charge on any atom is 0.335 e.